The molecule has 0 atom stereocenters. The molecule has 0 saturated carbocycles. The number of fused-ring (bicyclic) bond motifs is 1. The van der Waals surface area contributed by atoms with E-state index in [1.54, 1.807) is 30.3 Å². The molecule has 1 aromatic heterocycles. The van der Waals surface area contributed by atoms with Crippen molar-refractivity contribution in [1.29, 1.82) is 0 Å². The van der Waals surface area contributed by atoms with E-state index in [2.05, 4.69) is 20.2 Å². The minimum absolute atomic E-state index is 0.0620. The number of nitrogens with zero attached hydrogens (tertiary/aromatic N) is 3. The fraction of sp³-hybridized carbons (Fsp3) is 0.250. The van der Waals surface area contributed by atoms with Crippen molar-refractivity contribution in [2.75, 3.05) is 42.9 Å². The fourth-order valence-corrected chi connectivity index (χ4v) is 3.40. The number of H-pyrrole nitrogens is 1. The molecule has 1 amide bonds. The largest absolute Gasteiger partial charge is 0.340 e. The Morgan fingerprint density at radius 3 is 2.54 bits per heavy atom. The number of carbonyl (C=O) groups excluding carboxylic acids is 1. The van der Waals surface area contributed by atoms with Gasteiger partial charge in [-0.25, -0.2) is 4.98 Å². The maximum atomic E-state index is 12.3. The molecule has 28 heavy (non-hydrogen) atoms. The van der Waals surface area contributed by atoms with E-state index in [0.717, 1.165) is 5.69 Å². The van der Waals surface area contributed by atoms with Gasteiger partial charge >= 0.3 is 0 Å². The normalized spacial score (nSPS) is 15.0. The minimum Gasteiger partial charge on any atom is -0.340 e. The first-order valence-electron chi connectivity index (χ1n) is 9.10. The van der Waals surface area contributed by atoms with Gasteiger partial charge in [-0.1, -0.05) is 23.7 Å². The number of aromatic amines is 1. The minimum atomic E-state index is -0.134. The van der Waals surface area contributed by atoms with Gasteiger partial charge in [0.05, 0.1) is 17.4 Å². The molecule has 2 heterocycles. The Labute approximate surface area is 166 Å². The number of benzene rings is 2. The number of amides is 1. The Balaban J connectivity index is 1.35. The van der Waals surface area contributed by atoms with Crippen LogP contribution in [0.2, 0.25) is 5.02 Å². The van der Waals surface area contributed by atoms with Gasteiger partial charge in [-0.05, 0) is 36.4 Å². The van der Waals surface area contributed by atoms with Crippen molar-refractivity contribution >= 4 is 40.0 Å². The van der Waals surface area contributed by atoms with E-state index in [1.807, 2.05) is 23.1 Å². The molecule has 3 aromatic rings. The summed E-state index contributed by atoms with van der Waals surface area (Å²) in [5, 5.41) is 4.09. The lowest BCUT2D eigenvalue weighted by Gasteiger charge is -2.34. The molecular weight excluding hydrogens is 378 g/mol. The molecule has 2 N–H and O–H groups in total. The number of rotatable bonds is 4. The molecule has 7 nitrogen and oxygen atoms in total. The Hall–Kier alpha value is -2.90. The van der Waals surface area contributed by atoms with Gasteiger partial charge in [0.25, 0.3) is 5.56 Å². The topological polar surface area (TPSA) is 81.3 Å². The zero-order valence-corrected chi connectivity index (χ0v) is 15.9. The highest BCUT2D eigenvalue weighted by molar-refractivity contribution is 6.30. The number of hydrogen-bond acceptors (Lipinski definition) is 5. The lowest BCUT2D eigenvalue weighted by molar-refractivity contribution is -0.117. The molecule has 0 bridgehead atoms. The third-order valence-corrected chi connectivity index (χ3v) is 5.02. The summed E-state index contributed by atoms with van der Waals surface area (Å²) in [6.07, 6.45) is 0. The molecule has 0 radical (unpaired) electrons. The fourth-order valence-electron chi connectivity index (χ4n) is 3.28. The van der Waals surface area contributed by atoms with Crippen LogP contribution < -0.4 is 15.8 Å². The molecule has 2 aromatic carbocycles. The van der Waals surface area contributed by atoms with Crippen molar-refractivity contribution in [2.45, 2.75) is 0 Å². The quantitative estimate of drug-likeness (QED) is 0.706. The van der Waals surface area contributed by atoms with Crippen LogP contribution in [0, 0.1) is 0 Å². The van der Waals surface area contributed by atoms with Gasteiger partial charge in [-0.15, -0.1) is 0 Å². The maximum Gasteiger partial charge on any atom is 0.260 e. The molecule has 1 aliphatic heterocycles. The average Bonchev–Trinajstić information content (AvgIpc) is 2.70. The number of aromatic nitrogens is 2. The average molecular weight is 398 g/mol. The maximum absolute atomic E-state index is 12.3. The van der Waals surface area contributed by atoms with Crippen LogP contribution in [0.1, 0.15) is 0 Å². The zero-order valence-electron chi connectivity index (χ0n) is 15.2. The van der Waals surface area contributed by atoms with Gasteiger partial charge in [0, 0.05) is 36.9 Å². The standard InChI is InChI=1S/C20H20ClN5O2/c21-14-5-7-15(8-6-14)22-18(27)13-25-9-11-26(12-10-25)20-23-17-4-2-1-3-16(17)19(28)24-20/h1-8H,9-13H2,(H,22,27)(H,23,24,28). The number of hydrogen-bond donors (Lipinski definition) is 2. The van der Waals surface area contributed by atoms with E-state index in [4.69, 9.17) is 11.6 Å². The first kappa shape index (κ1) is 18.5. The third kappa shape index (κ3) is 4.16. The molecule has 4 rings (SSSR count). The van der Waals surface area contributed by atoms with Crippen molar-refractivity contribution in [1.82, 2.24) is 14.9 Å². The van der Waals surface area contributed by atoms with E-state index in [1.165, 1.54) is 0 Å². The van der Waals surface area contributed by atoms with Gasteiger partial charge in [0.2, 0.25) is 11.9 Å². The molecule has 0 spiro atoms. The summed E-state index contributed by atoms with van der Waals surface area (Å²) < 4.78 is 0. The van der Waals surface area contributed by atoms with Crippen LogP contribution >= 0.6 is 11.6 Å². The van der Waals surface area contributed by atoms with E-state index >= 15 is 0 Å². The summed E-state index contributed by atoms with van der Waals surface area (Å²) in [4.78, 5) is 36.1. The van der Waals surface area contributed by atoms with Crippen LogP contribution in [0.5, 0.6) is 0 Å². The Bertz CT molecular complexity index is 1040. The molecule has 1 saturated heterocycles. The molecule has 144 valence electrons. The molecule has 1 fully saturated rings. The van der Waals surface area contributed by atoms with Crippen LogP contribution in [0.4, 0.5) is 11.6 Å². The summed E-state index contributed by atoms with van der Waals surface area (Å²) in [6.45, 7) is 3.12. The smallest absolute Gasteiger partial charge is 0.260 e. The van der Waals surface area contributed by atoms with Crippen LogP contribution in [0.3, 0.4) is 0 Å². The van der Waals surface area contributed by atoms with E-state index < -0.39 is 0 Å². The van der Waals surface area contributed by atoms with E-state index in [0.29, 0.717) is 54.6 Å². The highest BCUT2D eigenvalue weighted by Crippen LogP contribution is 2.15. The summed E-state index contributed by atoms with van der Waals surface area (Å²) in [6, 6.07) is 14.3. The summed E-state index contributed by atoms with van der Waals surface area (Å²) >= 11 is 5.86. The molecule has 8 heteroatoms. The monoisotopic (exact) mass is 397 g/mol. The molecule has 0 aliphatic carbocycles. The van der Waals surface area contributed by atoms with Gasteiger partial charge in [-0.3, -0.25) is 19.5 Å². The molecule has 0 unspecified atom stereocenters. The number of para-hydroxylation sites is 1. The van der Waals surface area contributed by atoms with Gasteiger partial charge < -0.3 is 10.2 Å². The Kier molecular flexibility index (Phi) is 5.27. The second-order valence-corrected chi connectivity index (χ2v) is 7.16. The second-order valence-electron chi connectivity index (χ2n) is 6.72. The van der Waals surface area contributed by atoms with Crippen molar-refractivity contribution in [2.24, 2.45) is 0 Å². The zero-order chi connectivity index (χ0) is 19.5. The predicted octanol–water partition coefficient (Wildman–Crippen LogP) is 2.34. The predicted molar refractivity (Wildman–Crippen MR) is 111 cm³/mol. The van der Waals surface area contributed by atoms with Crippen LogP contribution in [0.15, 0.2) is 53.3 Å². The number of nitrogens with one attached hydrogen (secondary N) is 2. The van der Waals surface area contributed by atoms with Crippen LogP contribution in [0.25, 0.3) is 10.9 Å². The Morgan fingerprint density at radius 1 is 1.07 bits per heavy atom. The number of piperazine rings is 1. The van der Waals surface area contributed by atoms with Gasteiger partial charge in [0.1, 0.15) is 0 Å². The summed E-state index contributed by atoms with van der Waals surface area (Å²) in [7, 11) is 0. The second kappa shape index (κ2) is 8.00. The van der Waals surface area contributed by atoms with Crippen molar-refractivity contribution in [3.63, 3.8) is 0 Å². The van der Waals surface area contributed by atoms with E-state index in [9.17, 15) is 9.59 Å². The first-order valence-corrected chi connectivity index (χ1v) is 9.48. The lowest BCUT2D eigenvalue weighted by Crippen LogP contribution is -2.49. The van der Waals surface area contributed by atoms with Crippen molar-refractivity contribution < 1.29 is 4.79 Å². The first-order chi connectivity index (χ1) is 13.6. The van der Waals surface area contributed by atoms with Crippen molar-refractivity contribution in [3.05, 3.63) is 63.9 Å². The summed E-state index contributed by atoms with van der Waals surface area (Å²) in [5.41, 5.74) is 1.28. The van der Waals surface area contributed by atoms with Crippen LogP contribution in [-0.2, 0) is 4.79 Å². The number of carbonyl (C=O) groups is 1. The van der Waals surface area contributed by atoms with Gasteiger partial charge in [-0.2, -0.15) is 0 Å². The SMILES string of the molecule is O=C(CN1CCN(c2nc3ccccc3c(=O)[nH]2)CC1)Nc1ccc(Cl)cc1. The van der Waals surface area contributed by atoms with Gasteiger partial charge in [0.15, 0.2) is 0 Å². The lowest BCUT2D eigenvalue weighted by atomic mass is 10.2. The molecule has 1 aliphatic rings. The molecular formula is C20H20ClN5O2. The van der Waals surface area contributed by atoms with Crippen LogP contribution in [-0.4, -0.2) is 53.5 Å². The highest BCUT2D eigenvalue weighted by atomic mass is 35.5. The number of halogens is 1. The highest BCUT2D eigenvalue weighted by Gasteiger charge is 2.21. The summed E-state index contributed by atoms with van der Waals surface area (Å²) in [5.74, 6) is 0.516. The number of anilines is 2. The third-order valence-electron chi connectivity index (χ3n) is 4.77. The van der Waals surface area contributed by atoms with E-state index in [-0.39, 0.29) is 11.5 Å². The Morgan fingerprint density at radius 2 is 1.79 bits per heavy atom. The van der Waals surface area contributed by atoms with Crippen molar-refractivity contribution in [3.8, 4) is 0 Å².